The quantitative estimate of drug-likeness (QED) is 0.769. The summed E-state index contributed by atoms with van der Waals surface area (Å²) in [6, 6.07) is 3.80. The molecule has 0 aliphatic heterocycles. The molecule has 23 heavy (non-hydrogen) atoms. The Hall–Kier alpha value is -2.70. The van der Waals surface area contributed by atoms with Crippen LogP contribution in [0.2, 0.25) is 0 Å². The third kappa shape index (κ3) is 2.69. The van der Waals surface area contributed by atoms with Gasteiger partial charge in [-0.2, -0.15) is 0 Å². The van der Waals surface area contributed by atoms with Crippen LogP contribution < -0.4 is 11.2 Å². The molecule has 0 saturated heterocycles. The van der Waals surface area contributed by atoms with E-state index < -0.39 is 0 Å². The van der Waals surface area contributed by atoms with Crippen LogP contribution in [0.15, 0.2) is 34.1 Å². The molecule has 0 aliphatic carbocycles. The summed E-state index contributed by atoms with van der Waals surface area (Å²) in [7, 11) is 0. The second kappa shape index (κ2) is 6.20. The largest absolute Gasteiger partial charge is 0.336 e. The lowest BCUT2D eigenvalue weighted by Gasteiger charge is -2.08. The molecule has 0 radical (unpaired) electrons. The summed E-state index contributed by atoms with van der Waals surface area (Å²) in [5, 5.41) is 0. The Labute approximate surface area is 132 Å². The number of aromatic amines is 1. The van der Waals surface area contributed by atoms with Crippen molar-refractivity contribution in [3.63, 3.8) is 0 Å². The highest BCUT2D eigenvalue weighted by Gasteiger charge is 2.16. The Morgan fingerprint density at radius 1 is 1.22 bits per heavy atom. The standard InChI is InChI=1S/C16H19N5O2/c1-3-8-21-15(22)13-14(20(4-2)16(21)23)19-12(18-13)9-11-6-5-7-17-10-11/h5-7,10H,3-4,8-9H2,1-2H3,(H,18,19). The van der Waals surface area contributed by atoms with Crippen LogP contribution in [0.4, 0.5) is 0 Å². The normalized spacial score (nSPS) is 11.2. The summed E-state index contributed by atoms with van der Waals surface area (Å²) < 4.78 is 2.81. The highest BCUT2D eigenvalue weighted by atomic mass is 16.2. The van der Waals surface area contributed by atoms with Crippen LogP contribution in [0.3, 0.4) is 0 Å². The van der Waals surface area contributed by atoms with Gasteiger partial charge < -0.3 is 4.98 Å². The number of nitrogens with one attached hydrogen (secondary N) is 1. The van der Waals surface area contributed by atoms with Crippen molar-refractivity contribution in [3.05, 3.63) is 56.8 Å². The van der Waals surface area contributed by atoms with Crippen molar-refractivity contribution in [2.45, 2.75) is 39.8 Å². The summed E-state index contributed by atoms with van der Waals surface area (Å²) in [6.45, 7) is 4.69. The van der Waals surface area contributed by atoms with E-state index in [-0.39, 0.29) is 11.2 Å². The predicted octanol–water partition coefficient (Wildman–Crippen LogP) is 1.30. The van der Waals surface area contributed by atoms with Gasteiger partial charge in [0.2, 0.25) is 0 Å². The fourth-order valence-corrected chi connectivity index (χ4v) is 2.70. The molecular weight excluding hydrogens is 294 g/mol. The number of imidazole rings is 1. The monoisotopic (exact) mass is 313 g/mol. The van der Waals surface area contributed by atoms with Gasteiger partial charge in [-0.15, -0.1) is 0 Å². The van der Waals surface area contributed by atoms with Crippen molar-refractivity contribution < 1.29 is 0 Å². The molecule has 0 amide bonds. The number of aromatic nitrogens is 5. The molecule has 0 atom stereocenters. The van der Waals surface area contributed by atoms with Crippen LogP contribution in [0.25, 0.3) is 11.2 Å². The zero-order valence-corrected chi connectivity index (χ0v) is 13.2. The van der Waals surface area contributed by atoms with E-state index in [1.807, 2.05) is 26.0 Å². The van der Waals surface area contributed by atoms with E-state index in [1.165, 1.54) is 9.13 Å². The molecule has 120 valence electrons. The molecule has 7 heteroatoms. The molecule has 0 aromatic carbocycles. The van der Waals surface area contributed by atoms with Gasteiger partial charge in [0.05, 0.1) is 0 Å². The van der Waals surface area contributed by atoms with Gasteiger partial charge in [0, 0.05) is 31.9 Å². The Bertz CT molecular complexity index is 937. The summed E-state index contributed by atoms with van der Waals surface area (Å²) in [5.74, 6) is 0.654. The lowest BCUT2D eigenvalue weighted by Crippen LogP contribution is -2.39. The van der Waals surface area contributed by atoms with Crippen LogP contribution in [0.5, 0.6) is 0 Å². The van der Waals surface area contributed by atoms with E-state index in [4.69, 9.17) is 0 Å². The molecule has 3 aromatic rings. The van der Waals surface area contributed by atoms with E-state index in [1.54, 1.807) is 12.4 Å². The Kier molecular flexibility index (Phi) is 4.10. The first kappa shape index (κ1) is 15.2. The van der Waals surface area contributed by atoms with Gasteiger partial charge in [-0.05, 0) is 25.0 Å². The molecule has 7 nitrogen and oxygen atoms in total. The second-order valence-electron chi connectivity index (χ2n) is 5.40. The summed E-state index contributed by atoms with van der Waals surface area (Å²) in [6.07, 6.45) is 4.73. The van der Waals surface area contributed by atoms with E-state index in [9.17, 15) is 9.59 Å². The number of rotatable bonds is 5. The van der Waals surface area contributed by atoms with Gasteiger partial charge in [0.1, 0.15) is 11.3 Å². The fourth-order valence-electron chi connectivity index (χ4n) is 2.70. The van der Waals surface area contributed by atoms with E-state index >= 15 is 0 Å². The number of aryl methyl sites for hydroxylation is 1. The molecule has 0 fully saturated rings. The van der Waals surface area contributed by atoms with Crippen molar-refractivity contribution in [2.75, 3.05) is 0 Å². The zero-order chi connectivity index (χ0) is 16.4. The first-order valence-electron chi connectivity index (χ1n) is 7.76. The van der Waals surface area contributed by atoms with Crippen molar-refractivity contribution in [1.29, 1.82) is 0 Å². The van der Waals surface area contributed by atoms with Gasteiger partial charge in [-0.3, -0.25) is 18.9 Å². The molecule has 0 bridgehead atoms. The zero-order valence-electron chi connectivity index (χ0n) is 13.2. The first-order chi connectivity index (χ1) is 11.2. The van der Waals surface area contributed by atoms with Gasteiger partial charge >= 0.3 is 5.69 Å². The highest BCUT2D eigenvalue weighted by Crippen LogP contribution is 2.10. The van der Waals surface area contributed by atoms with E-state index in [0.29, 0.717) is 36.5 Å². The van der Waals surface area contributed by atoms with Crippen LogP contribution in [0, 0.1) is 0 Å². The molecule has 0 aliphatic rings. The number of H-pyrrole nitrogens is 1. The molecule has 3 heterocycles. The average Bonchev–Trinajstić information content (AvgIpc) is 2.96. The highest BCUT2D eigenvalue weighted by molar-refractivity contribution is 5.69. The number of hydrogen-bond acceptors (Lipinski definition) is 4. The third-order valence-electron chi connectivity index (χ3n) is 3.77. The summed E-state index contributed by atoms with van der Waals surface area (Å²) in [4.78, 5) is 36.6. The van der Waals surface area contributed by atoms with Gasteiger partial charge in [-0.1, -0.05) is 13.0 Å². The van der Waals surface area contributed by atoms with Gasteiger partial charge in [0.15, 0.2) is 5.65 Å². The third-order valence-corrected chi connectivity index (χ3v) is 3.77. The second-order valence-corrected chi connectivity index (χ2v) is 5.40. The van der Waals surface area contributed by atoms with Crippen LogP contribution in [0.1, 0.15) is 31.7 Å². The van der Waals surface area contributed by atoms with E-state index in [2.05, 4.69) is 15.0 Å². The Morgan fingerprint density at radius 2 is 2.04 bits per heavy atom. The minimum absolute atomic E-state index is 0.300. The minimum Gasteiger partial charge on any atom is -0.336 e. The van der Waals surface area contributed by atoms with Crippen LogP contribution >= 0.6 is 0 Å². The van der Waals surface area contributed by atoms with Gasteiger partial charge in [-0.25, -0.2) is 9.78 Å². The maximum atomic E-state index is 12.5. The molecule has 1 N–H and O–H groups in total. The van der Waals surface area contributed by atoms with E-state index in [0.717, 1.165) is 12.0 Å². The van der Waals surface area contributed by atoms with Crippen LogP contribution in [-0.4, -0.2) is 24.1 Å². The number of pyridine rings is 1. The fraction of sp³-hybridized carbons (Fsp3) is 0.375. The topological polar surface area (TPSA) is 85.6 Å². The predicted molar refractivity (Wildman–Crippen MR) is 87.6 cm³/mol. The van der Waals surface area contributed by atoms with Crippen molar-refractivity contribution >= 4 is 11.2 Å². The molecule has 0 unspecified atom stereocenters. The van der Waals surface area contributed by atoms with Crippen molar-refractivity contribution in [3.8, 4) is 0 Å². The summed E-state index contributed by atoms with van der Waals surface area (Å²) >= 11 is 0. The average molecular weight is 313 g/mol. The number of fused-ring (bicyclic) bond motifs is 1. The first-order valence-corrected chi connectivity index (χ1v) is 7.76. The summed E-state index contributed by atoms with van der Waals surface area (Å²) in [5.41, 5.74) is 1.20. The Morgan fingerprint density at radius 3 is 2.70 bits per heavy atom. The minimum atomic E-state index is -0.304. The molecular formula is C16H19N5O2. The maximum Gasteiger partial charge on any atom is 0.332 e. The molecule has 0 saturated carbocycles. The lowest BCUT2D eigenvalue weighted by molar-refractivity contribution is 0.572. The van der Waals surface area contributed by atoms with Crippen molar-refractivity contribution in [2.24, 2.45) is 0 Å². The molecule has 3 rings (SSSR count). The smallest absolute Gasteiger partial charge is 0.332 e. The van der Waals surface area contributed by atoms with Crippen molar-refractivity contribution in [1.82, 2.24) is 24.1 Å². The number of hydrogen-bond donors (Lipinski definition) is 1. The SMILES string of the molecule is CCCn1c(=O)c2[nH]c(Cc3cccnc3)nc2n(CC)c1=O. The maximum absolute atomic E-state index is 12.5. The number of nitrogens with zero attached hydrogens (tertiary/aromatic N) is 4. The lowest BCUT2D eigenvalue weighted by atomic mass is 10.2. The van der Waals surface area contributed by atoms with Gasteiger partial charge in [0.25, 0.3) is 5.56 Å². The Balaban J connectivity index is 2.17. The van der Waals surface area contributed by atoms with Crippen LogP contribution in [-0.2, 0) is 19.5 Å². The molecule has 3 aromatic heterocycles. The molecule has 0 spiro atoms.